The fourth-order valence-corrected chi connectivity index (χ4v) is 3.10. The van der Waals surface area contributed by atoms with Crippen LogP contribution in [-0.2, 0) is 0 Å². The van der Waals surface area contributed by atoms with Crippen LogP contribution in [0.25, 0.3) is 23.3 Å². The Kier molecular flexibility index (Phi) is 4.79. The van der Waals surface area contributed by atoms with Gasteiger partial charge in [-0.25, -0.2) is 4.98 Å². The molecule has 1 saturated heterocycles. The summed E-state index contributed by atoms with van der Waals surface area (Å²) >= 11 is 0. The smallest absolute Gasteiger partial charge is 0.220 e. The Balaban J connectivity index is 1.33. The van der Waals surface area contributed by atoms with Crippen molar-refractivity contribution in [2.24, 2.45) is 0 Å². The number of rotatable bonds is 6. The van der Waals surface area contributed by atoms with Crippen molar-refractivity contribution in [2.75, 3.05) is 26.2 Å². The molecule has 0 aliphatic carbocycles. The molecule has 4 heteroatoms. The zero-order valence-corrected chi connectivity index (χ0v) is 14.2. The van der Waals surface area contributed by atoms with E-state index in [1.54, 1.807) is 0 Å². The van der Waals surface area contributed by atoms with Gasteiger partial charge in [0.15, 0.2) is 5.58 Å². The molecule has 2 aromatic carbocycles. The normalized spacial score (nSPS) is 15.4. The van der Waals surface area contributed by atoms with Crippen molar-refractivity contribution in [1.82, 2.24) is 9.88 Å². The van der Waals surface area contributed by atoms with Crippen LogP contribution in [0.2, 0.25) is 0 Å². The number of nitrogens with zero attached hydrogens (tertiary/aromatic N) is 2. The summed E-state index contributed by atoms with van der Waals surface area (Å²) in [4.78, 5) is 6.90. The van der Waals surface area contributed by atoms with Crippen molar-refractivity contribution in [3.63, 3.8) is 0 Å². The molecular weight excluding hydrogens is 312 g/mol. The molecule has 0 radical (unpaired) electrons. The molecule has 2 heterocycles. The molecule has 3 aromatic rings. The van der Waals surface area contributed by atoms with Crippen molar-refractivity contribution in [3.05, 3.63) is 60.0 Å². The van der Waals surface area contributed by atoms with Crippen molar-refractivity contribution in [2.45, 2.75) is 12.8 Å². The molecule has 128 valence electrons. The van der Waals surface area contributed by atoms with E-state index in [1.165, 1.54) is 25.9 Å². The van der Waals surface area contributed by atoms with Crippen molar-refractivity contribution in [1.29, 1.82) is 0 Å². The highest BCUT2D eigenvalue weighted by Crippen LogP contribution is 2.18. The highest BCUT2D eigenvalue weighted by atomic mass is 16.5. The van der Waals surface area contributed by atoms with Gasteiger partial charge in [0.05, 0.1) is 0 Å². The summed E-state index contributed by atoms with van der Waals surface area (Å²) in [6.45, 7) is 4.18. The van der Waals surface area contributed by atoms with Gasteiger partial charge in [-0.3, -0.25) is 4.90 Å². The van der Waals surface area contributed by atoms with Gasteiger partial charge >= 0.3 is 0 Å². The van der Waals surface area contributed by atoms with Crippen molar-refractivity contribution >= 4 is 23.3 Å². The third-order valence-electron chi connectivity index (χ3n) is 4.48. The van der Waals surface area contributed by atoms with Crippen LogP contribution >= 0.6 is 0 Å². The maximum absolute atomic E-state index is 5.83. The van der Waals surface area contributed by atoms with Crippen molar-refractivity contribution < 1.29 is 9.15 Å². The summed E-state index contributed by atoms with van der Waals surface area (Å²) < 4.78 is 11.5. The van der Waals surface area contributed by atoms with Gasteiger partial charge in [-0.05, 0) is 61.8 Å². The van der Waals surface area contributed by atoms with Crippen LogP contribution in [0.3, 0.4) is 0 Å². The molecular formula is C21H22N2O2. The molecule has 0 spiro atoms. The molecule has 0 bridgehead atoms. The molecule has 25 heavy (non-hydrogen) atoms. The summed E-state index contributed by atoms with van der Waals surface area (Å²) in [6, 6.07) is 15.9. The predicted molar refractivity (Wildman–Crippen MR) is 101 cm³/mol. The molecule has 1 aromatic heterocycles. The maximum atomic E-state index is 5.83. The third-order valence-corrected chi connectivity index (χ3v) is 4.48. The first-order chi connectivity index (χ1) is 12.4. The molecule has 0 amide bonds. The average molecular weight is 334 g/mol. The zero-order chi connectivity index (χ0) is 16.9. The van der Waals surface area contributed by atoms with Gasteiger partial charge in [0.1, 0.15) is 17.9 Å². The molecule has 1 aliphatic heterocycles. The highest BCUT2D eigenvalue weighted by molar-refractivity contribution is 5.75. The minimum absolute atomic E-state index is 0.618. The Morgan fingerprint density at radius 1 is 1.00 bits per heavy atom. The SMILES string of the molecule is C(=C/c1nc2ccccc2o1)/c1ccc(OCCN2CCCC2)cc1. The first kappa shape index (κ1) is 15.9. The Labute approximate surface area is 147 Å². The Morgan fingerprint density at radius 2 is 1.80 bits per heavy atom. The van der Waals surface area contributed by atoms with E-state index >= 15 is 0 Å². The number of ether oxygens (including phenoxy) is 1. The maximum Gasteiger partial charge on any atom is 0.220 e. The number of para-hydroxylation sites is 2. The summed E-state index contributed by atoms with van der Waals surface area (Å²) in [5, 5.41) is 0. The van der Waals surface area contributed by atoms with E-state index in [1.807, 2.05) is 60.7 Å². The Hall–Kier alpha value is -2.59. The lowest BCUT2D eigenvalue weighted by Crippen LogP contribution is -2.25. The molecule has 4 rings (SSSR count). The number of aromatic nitrogens is 1. The van der Waals surface area contributed by atoms with Gasteiger partial charge < -0.3 is 9.15 Å². The van der Waals surface area contributed by atoms with E-state index in [-0.39, 0.29) is 0 Å². The van der Waals surface area contributed by atoms with Crippen molar-refractivity contribution in [3.8, 4) is 5.75 Å². The minimum atomic E-state index is 0.618. The predicted octanol–water partition coefficient (Wildman–Crippen LogP) is 4.47. The molecule has 0 N–H and O–H groups in total. The molecule has 4 nitrogen and oxygen atoms in total. The van der Waals surface area contributed by atoms with E-state index in [0.29, 0.717) is 5.89 Å². The number of hydrogen-bond acceptors (Lipinski definition) is 4. The van der Waals surface area contributed by atoms with Crippen LogP contribution in [0.1, 0.15) is 24.3 Å². The van der Waals surface area contributed by atoms with Gasteiger partial charge in [-0.1, -0.05) is 24.3 Å². The van der Waals surface area contributed by atoms with E-state index in [4.69, 9.17) is 9.15 Å². The minimum Gasteiger partial charge on any atom is -0.492 e. The van der Waals surface area contributed by atoms with E-state index in [0.717, 1.165) is 35.6 Å². The second-order valence-electron chi connectivity index (χ2n) is 6.32. The van der Waals surface area contributed by atoms with E-state index in [9.17, 15) is 0 Å². The summed E-state index contributed by atoms with van der Waals surface area (Å²) in [7, 11) is 0. The fourth-order valence-electron chi connectivity index (χ4n) is 3.10. The lowest BCUT2D eigenvalue weighted by Gasteiger charge is -2.14. The Bertz CT molecular complexity index is 813. The second kappa shape index (κ2) is 7.53. The zero-order valence-electron chi connectivity index (χ0n) is 14.2. The first-order valence-corrected chi connectivity index (χ1v) is 8.86. The number of fused-ring (bicyclic) bond motifs is 1. The van der Waals surface area contributed by atoms with E-state index < -0.39 is 0 Å². The monoisotopic (exact) mass is 334 g/mol. The first-order valence-electron chi connectivity index (χ1n) is 8.86. The number of hydrogen-bond donors (Lipinski definition) is 0. The Morgan fingerprint density at radius 3 is 2.60 bits per heavy atom. The lowest BCUT2D eigenvalue weighted by atomic mass is 10.2. The van der Waals surface area contributed by atoms with Gasteiger partial charge in [0.2, 0.25) is 5.89 Å². The van der Waals surface area contributed by atoms with E-state index in [2.05, 4.69) is 9.88 Å². The topological polar surface area (TPSA) is 38.5 Å². The molecule has 0 saturated carbocycles. The quantitative estimate of drug-likeness (QED) is 0.666. The third kappa shape index (κ3) is 4.09. The van der Waals surface area contributed by atoms with Gasteiger partial charge in [-0.15, -0.1) is 0 Å². The summed E-state index contributed by atoms with van der Waals surface area (Å²) in [5.41, 5.74) is 2.78. The fraction of sp³-hybridized carbons (Fsp3) is 0.286. The highest BCUT2D eigenvalue weighted by Gasteiger charge is 2.10. The van der Waals surface area contributed by atoms with Crippen LogP contribution in [0.5, 0.6) is 5.75 Å². The largest absolute Gasteiger partial charge is 0.492 e. The molecule has 1 fully saturated rings. The molecule has 1 aliphatic rings. The summed E-state index contributed by atoms with van der Waals surface area (Å²) in [6.07, 6.45) is 6.53. The van der Waals surface area contributed by atoms with Crippen LogP contribution in [0.4, 0.5) is 0 Å². The van der Waals surface area contributed by atoms with Crippen LogP contribution < -0.4 is 4.74 Å². The molecule has 0 atom stereocenters. The molecule has 0 unspecified atom stereocenters. The second-order valence-corrected chi connectivity index (χ2v) is 6.32. The van der Waals surface area contributed by atoms with Crippen LogP contribution in [0.15, 0.2) is 52.9 Å². The van der Waals surface area contributed by atoms with Crippen LogP contribution in [0, 0.1) is 0 Å². The van der Waals surface area contributed by atoms with Crippen LogP contribution in [-0.4, -0.2) is 36.1 Å². The average Bonchev–Trinajstić information content (AvgIpc) is 3.30. The lowest BCUT2D eigenvalue weighted by molar-refractivity contribution is 0.238. The van der Waals surface area contributed by atoms with Gasteiger partial charge in [-0.2, -0.15) is 0 Å². The number of benzene rings is 2. The van der Waals surface area contributed by atoms with Gasteiger partial charge in [0.25, 0.3) is 0 Å². The standard InChI is InChI=1S/C21H22N2O2/c1-2-6-20-19(5-1)22-21(25-20)12-9-17-7-10-18(11-8-17)24-16-15-23-13-3-4-14-23/h1-2,5-12H,3-4,13-16H2/b12-9-. The number of oxazole rings is 1. The summed E-state index contributed by atoms with van der Waals surface area (Å²) in [5.74, 6) is 1.53. The van der Waals surface area contributed by atoms with Gasteiger partial charge in [0, 0.05) is 12.6 Å². The number of likely N-dealkylation sites (tertiary alicyclic amines) is 1.